The van der Waals surface area contributed by atoms with Crippen molar-refractivity contribution in [3.63, 3.8) is 0 Å². The fraction of sp³-hybridized carbons (Fsp3) is 0.929. The highest BCUT2D eigenvalue weighted by Gasteiger charge is 2.10. The van der Waals surface area contributed by atoms with Crippen molar-refractivity contribution in [2.75, 3.05) is 0 Å². The van der Waals surface area contributed by atoms with E-state index in [9.17, 15) is 0 Å². The van der Waals surface area contributed by atoms with E-state index in [1.165, 1.54) is 51.4 Å². The Morgan fingerprint density at radius 3 is 1.81 bits per heavy atom. The number of hydrogen-bond acceptors (Lipinski definition) is 1. The van der Waals surface area contributed by atoms with Gasteiger partial charge in [-0.1, -0.05) is 65.2 Å². The van der Waals surface area contributed by atoms with Gasteiger partial charge in [-0.15, -0.1) is 0 Å². The van der Waals surface area contributed by atoms with Crippen LogP contribution in [0.1, 0.15) is 78.1 Å². The van der Waals surface area contributed by atoms with Gasteiger partial charge in [-0.3, -0.25) is 5.41 Å². The van der Waals surface area contributed by atoms with Gasteiger partial charge in [0.25, 0.3) is 0 Å². The minimum Gasteiger partial charge on any atom is -0.387 e. The Balaban J connectivity index is 3.56. The van der Waals surface area contributed by atoms with E-state index in [-0.39, 0.29) is 0 Å². The van der Waals surface area contributed by atoms with Gasteiger partial charge in [0.15, 0.2) is 0 Å². The molecule has 16 heavy (non-hydrogen) atoms. The van der Waals surface area contributed by atoms with Gasteiger partial charge in [-0.05, 0) is 12.8 Å². The van der Waals surface area contributed by atoms with E-state index in [4.69, 9.17) is 11.1 Å². The van der Waals surface area contributed by atoms with Gasteiger partial charge in [-0.2, -0.15) is 0 Å². The van der Waals surface area contributed by atoms with Gasteiger partial charge in [0.1, 0.15) is 0 Å². The first-order valence-corrected chi connectivity index (χ1v) is 7.06. The SMILES string of the molecule is CCCCCCCC(CCCCC)C(=N)N. The molecule has 3 N–H and O–H groups in total. The van der Waals surface area contributed by atoms with Crippen LogP contribution in [0.5, 0.6) is 0 Å². The average molecular weight is 226 g/mol. The number of nitrogens with one attached hydrogen (secondary N) is 1. The molecule has 0 heterocycles. The number of hydrogen-bond donors (Lipinski definition) is 2. The third-order valence-electron chi connectivity index (χ3n) is 3.25. The summed E-state index contributed by atoms with van der Waals surface area (Å²) in [5.41, 5.74) is 5.64. The second-order valence-electron chi connectivity index (χ2n) is 4.85. The summed E-state index contributed by atoms with van der Waals surface area (Å²) in [5.74, 6) is 0.764. The highest BCUT2D eigenvalue weighted by atomic mass is 14.7. The minimum atomic E-state index is 0.355. The number of amidine groups is 1. The Labute approximate surface area is 102 Å². The molecular formula is C14H30N2. The molecule has 0 aliphatic rings. The van der Waals surface area contributed by atoms with Crippen LogP contribution in [-0.2, 0) is 0 Å². The van der Waals surface area contributed by atoms with Crippen LogP contribution in [0.3, 0.4) is 0 Å². The molecule has 0 aromatic carbocycles. The predicted octanol–water partition coefficient (Wildman–Crippen LogP) is 4.48. The lowest BCUT2D eigenvalue weighted by molar-refractivity contribution is 0.491. The highest BCUT2D eigenvalue weighted by Crippen LogP contribution is 2.17. The van der Waals surface area contributed by atoms with Crippen molar-refractivity contribution >= 4 is 5.84 Å². The minimum absolute atomic E-state index is 0.355. The van der Waals surface area contributed by atoms with Crippen molar-refractivity contribution in [1.82, 2.24) is 0 Å². The molecule has 0 rings (SSSR count). The van der Waals surface area contributed by atoms with E-state index in [2.05, 4.69) is 13.8 Å². The zero-order valence-corrected chi connectivity index (χ0v) is 11.2. The number of nitrogens with two attached hydrogens (primary N) is 1. The summed E-state index contributed by atoms with van der Waals surface area (Å²) in [6, 6.07) is 0. The normalized spacial score (nSPS) is 12.6. The molecule has 0 saturated heterocycles. The van der Waals surface area contributed by atoms with Crippen LogP contribution in [0.2, 0.25) is 0 Å². The molecule has 1 atom stereocenters. The van der Waals surface area contributed by atoms with Crippen molar-refractivity contribution in [3.05, 3.63) is 0 Å². The van der Waals surface area contributed by atoms with Gasteiger partial charge >= 0.3 is 0 Å². The summed E-state index contributed by atoms with van der Waals surface area (Å²) >= 11 is 0. The van der Waals surface area contributed by atoms with Crippen LogP contribution in [0, 0.1) is 11.3 Å². The summed E-state index contributed by atoms with van der Waals surface area (Å²) in [6.07, 6.45) is 12.6. The molecule has 0 aliphatic carbocycles. The largest absolute Gasteiger partial charge is 0.387 e. The Kier molecular flexibility index (Phi) is 10.6. The van der Waals surface area contributed by atoms with Crippen LogP contribution < -0.4 is 5.73 Å². The maximum atomic E-state index is 7.58. The smallest absolute Gasteiger partial charge is 0.0936 e. The lowest BCUT2D eigenvalue weighted by Crippen LogP contribution is -2.22. The molecule has 0 spiro atoms. The van der Waals surface area contributed by atoms with Crippen molar-refractivity contribution in [3.8, 4) is 0 Å². The van der Waals surface area contributed by atoms with Crippen LogP contribution in [0.25, 0.3) is 0 Å². The van der Waals surface area contributed by atoms with Crippen molar-refractivity contribution < 1.29 is 0 Å². The van der Waals surface area contributed by atoms with Gasteiger partial charge in [-0.25, -0.2) is 0 Å². The van der Waals surface area contributed by atoms with Crippen LogP contribution in [0.4, 0.5) is 0 Å². The Bertz CT molecular complexity index is 166. The molecular weight excluding hydrogens is 196 g/mol. The van der Waals surface area contributed by atoms with Crippen molar-refractivity contribution in [1.29, 1.82) is 5.41 Å². The molecule has 0 bridgehead atoms. The second-order valence-corrected chi connectivity index (χ2v) is 4.85. The van der Waals surface area contributed by atoms with E-state index in [1.54, 1.807) is 0 Å². The van der Waals surface area contributed by atoms with E-state index in [0.29, 0.717) is 11.8 Å². The number of rotatable bonds is 11. The van der Waals surface area contributed by atoms with Gasteiger partial charge in [0, 0.05) is 5.92 Å². The van der Waals surface area contributed by atoms with E-state index in [0.717, 1.165) is 12.8 Å². The van der Waals surface area contributed by atoms with E-state index < -0.39 is 0 Å². The van der Waals surface area contributed by atoms with Gasteiger partial charge in [0.2, 0.25) is 0 Å². The molecule has 0 radical (unpaired) electrons. The van der Waals surface area contributed by atoms with Gasteiger partial charge in [0.05, 0.1) is 5.84 Å². The first kappa shape index (κ1) is 15.5. The average Bonchev–Trinajstić information content (AvgIpc) is 2.26. The summed E-state index contributed by atoms with van der Waals surface area (Å²) in [4.78, 5) is 0. The monoisotopic (exact) mass is 226 g/mol. The van der Waals surface area contributed by atoms with Gasteiger partial charge < -0.3 is 5.73 Å². The maximum absolute atomic E-state index is 7.58. The zero-order chi connectivity index (χ0) is 12.2. The fourth-order valence-corrected chi connectivity index (χ4v) is 2.09. The Morgan fingerprint density at radius 2 is 1.31 bits per heavy atom. The van der Waals surface area contributed by atoms with Crippen molar-refractivity contribution in [2.45, 2.75) is 78.1 Å². The fourth-order valence-electron chi connectivity index (χ4n) is 2.09. The zero-order valence-electron chi connectivity index (χ0n) is 11.2. The second kappa shape index (κ2) is 11.0. The molecule has 2 nitrogen and oxygen atoms in total. The Morgan fingerprint density at radius 1 is 0.875 bits per heavy atom. The molecule has 0 fully saturated rings. The van der Waals surface area contributed by atoms with Crippen LogP contribution in [-0.4, -0.2) is 5.84 Å². The molecule has 0 aromatic rings. The van der Waals surface area contributed by atoms with Crippen LogP contribution in [0.15, 0.2) is 0 Å². The first-order chi connectivity index (χ1) is 7.72. The van der Waals surface area contributed by atoms with Crippen LogP contribution >= 0.6 is 0 Å². The molecule has 2 heteroatoms. The highest BCUT2D eigenvalue weighted by molar-refractivity contribution is 5.79. The molecule has 0 aliphatic heterocycles. The summed E-state index contributed by atoms with van der Waals surface area (Å²) in [6.45, 7) is 4.46. The molecule has 0 saturated carbocycles. The topological polar surface area (TPSA) is 49.9 Å². The summed E-state index contributed by atoms with van der Waals surface area (Å²) < 4.78 is 0. The molecule has 0 amide bonds. The molecule has 96 valence electrons. The maximum Gasteiger partial charge on any atom is 0.0936 e. The third-order valence-corrected chi connectivity index (χ3v) is 3.25. The first-order valence-electron chi connectivity index (χ1n) is 7.06. The Hall–Kier alpha value is -0.530. The van der Waals surface area contributed by atoms with E-state index in [1.807, 2.05) is 0 Å². The third kappa shape index (κ3) is 8.75. The predicted molar refractivity (Wildman–Crippen MR) is 72.9 cm³/mol. The standard InChI is InChI=1S/C14H30N2/c1-3-5-7-8-10-12-13(14(15)16)11-9-6-4-2/h13H,3-12H2,1-2H3,(H3,15,16). The molecule has 0 aromatic heterocycles. The summed E-state index contributed by atoms with van der Waals surface area (Å²) in [7, 11) is 0. The van der Waals surface area contributed by atoms with E-state index >= 15 is 0 Å². The quantitative estimate of drug-likeness (QED) is 0.304. The number of unbranched alkanes of at least 4 members (excludes halogenated alkanes) is 6. The van der Waals surface area contributed by atoms with Crippen molar-refractivity contribution in [2.24, 2.45) is 11.7 Å². The lowest BCUT2D eigenvalue weighted by atomic mass is 9.94. The lowest BCUT2D eigenvalue weighted by Gasteiger charge is -2.14. The molecule has 1 unspecified atom stereocenters. The summed E-state index contributed by atoms with van der Waals surface area (Å²) in [5, 5.41) is 7.58.